The van der Waals surface area contributed by atoms with Crippen LogP contribution in [-0.2, 0) is 4.79 Å². The third-order valence-corrected chi connectivity index (χ3v) is 0. The molecule has 7 heavy (non-hydrogen) atoms. The van der Waals surface area contributed by atoms with Gasteiger partial charge in [-0.15, -0.1) is 6.17 Å². The molecule has 0 radical (unpaired) electrons. The van der Waals surface area contributed by atoms with Crippen molar-refractivity contribution < 1.29 is 4.79 Å². The summed E-state index contributed by atoms with van der Waals surface area (Å²) >= 11 is 0. The third-order valence-electron chi connectivity index (χ3n) is 0. The molecule has 2 heteroatoms. The van der Waals surface area contributed by atoms with Crippen LogP contribution in [0.25, 0.3) is 0 Å². The number of hydrogen-bond acceptors (Lipinski definition) is 1. The summed E-state index contributed by atoms with van der Waals surface area (Å²) in [6, 6.07) is 0. The van der Waals surface area contributed by atoms with E-state index in [2.05, 4.69) is 19.3 Å². The zero-order chi connectivity index (χ0) is 6.28. The van der Waals surface area contributed by atoms with Crippen LogP contribution in [0.5, 0.6) is 0 Å². The SMILES string of the molecule is C=[Si](C)C.CC=O. The highest BCUT2D eigenvalue weighted by atomic mass is 28.2. The molecule has 0 aliphatic heterocycles. The van der Waals surface area contributed by atoms with Gasteiger partial charge in [-0.2, -0.15) is 0 Å². The van der Waals surface area contributed by atoms with E-state index in [0.29, 0.717) is 0 Å². The number of hydrogen-bond donors (Lipinski definition) is 0. The summed E-state index contributed by atoms with van der Waals surface area (Å²) < 4.78 is 0. The maximum atomic E-state index is 8.81. The van der Waals surface area contributed by atoms with Crippen molar-refractivity contribution in [2.75, 3.05) is 0 Å². The zero-order valence-electron chi connectivity index (χ0n) is 5.19. The summed E-state index contributed by atoms with van der Waals surface area (Å²) in [7, 11) is -0.130. The van der Waals surface area contributed by atoms with Crippen LogP contribution in [0.15, 0.2) is 0 Å². The van der Waals surface area contributed by atoms with Crippen molar-refractivity contribution in [3.8, 4) is 0 Å². The molecule has 1 nitrogen and oxygen atoms in total. The first kappa shape index (κ1) is 9.90. The van der Waals surface area contributed by atoms with Crippen LogP contribution in [0.4, 0.5) is 0 Å². The van der Waals surface area contributed by atoms with Gasteiger partial charge in [-0.25, -0.2) is 0 Å². The summed E-state index contributed by atoms with van der Waals surface area (Å²) in [5, 5.41) is 0. The number of rotatable bonds is 0. The Hall–Kier alpha value is -0.243. The van der Waals surface area contributed by atoms with Gasteiger partial charge < -0.3 is 4.79 Å². The molecule has 0 unspecified atom stereocenters. The second-order valence-electron chi connectivity index (χ2n) is 1.44. The van der Waals surface area contributed by atoms with E-state index in [4.69, 9.17) is 4.79 Å². The average molecular weight is 116 g/mol. The molecule has 0 aromatic heterocycles. The van der Waals surface area contributed by atoms with Crippen LogP contribution in [-0.4, -0.2) is 20.9 Å². The van der Waals surface area contributed by atoms with E-state index in [1.165, 1.54) is 6.92 Å². The Morgan fingerprint density at radius 2 is 1.57 bits per heavy atom. The van der Waals surface area contributed by atoms with E-state index >= 15 is 0 Å². The van der Waals surface area contributed by atoms with Crippen LogP contribution in [0.2, 0.25) is 13.1 Å². The normalized spacial score (nSPS) is 5.57. The minimum Gasteiger partial charge on any atom is -0.304 e. The summed E-state index contributed by atoms with van der Waals surface area (Å²) in [5.74, 6) is 0. The van der Waals surface area contributed by atoms with Crippen LogP contribution in [0.1, 0.15) is 6.92 Å². The molecule has 0 rings (SSSR count). The van der Waals surface area contributed by atoms with Crippen molar-refractivity contribution in [2.24, 2.45) is 0 Å². The Kier molecular flexibility index (Phi) is 13.0. The number of carbonyl (C=O) groups excluding carboxylic acids is 1. The molecule has 0 bridgehead atoms. The van der Waals surface area contributed by atoms with Gasteiger partial charge in [0.25, 0.3) is 0 Å². The fraction of sp³-hybridized carbons (Fsp3) is 0.600. The lowest BCUT2D eigenvalue weighted by atomic mass is 11.0. The lowest BCUT2D eigenvalue weighted by molar-refractivity contribution is -0.106. The number of aldehydes is 1. The van der Waals surface area contributed by atoms with Crippen LogP contribution < -0.4 is 0 Å². The lowest BCUT2D eigenvalue weighted by Gasteiger charge is -1.62. The highest BCUT2D eigenvalue weighted by Gasteiger charge is 1.55. The molecule has 0 aromatic rings. The van der Waals surface area contributed by atoms with Gasteiger partial charge in [0, 0.05) is 0 Å². The Labute approximate surface area is 46.6 Å². The second kappa shape index (κ2) is 9.23. The monoisotopic (exact) mass is 116 g/mol. The van der Waals surface area contributed by atoms with E-state index in [-0.39, 0.29) is 8.41 Å². The van der Waals surface area contributed by atoms with E-state index in [9.17, 15) is 0 Å². The molecule has 0 aromatic carbocycles. The van der Waals surface area contributed by atoms with E-state index in [0.717, 1.165) is 6.29 Å². The van der Waals surface area contributed by atoms with Crippen LogP contribution in [0, 0.1) is 0 Å². The van der Waals surface area contributed by atoms with Crippen LogP contribution >= 0.6 is 0 Å². The van der Waals surface area contributed by atoms with E-state index in [1.54, 1.807) is 0 Å². The Morgan fingerprint density at radius 3 is 1.57 bits per heavy atom. The highest BCUT2D eigenvalue weighted by molar-refractivity contribution is 6.59. The number of carbonyl (C=O) groups is 1. The average Bonchev–Trinajstić information content (AvgIpc) is 1.33. The quantitative estimate of drug-likeness (QED) is 0.340. The highest BCUT2D eigenvalue weighted by Crippen LogP contribution is 1.48. The maximum absolute atomic E-state index is 8.81. The molecule has 42 valence electrons. The van der Waals surface area contributed by atoms with Gasteiger partial charge in [0.1, 0.15) is 6.29 Å². The minimum atomic E-state index is -0.130. The first-order valence-electron chi connectivity index (χ1n) is 2.17. The zero-order valence-corrected chi connectivity index (χ0v) is 6.19. The van der Waals surface area contributed by atoms with Gasteiger partial charge in [0.2, 0.25) is 0 Å². The van der Waals surface area contributed by atoms with Gasteiger partial charge in [-0.3, -0.25) is 0 Å². The van der Waals surface area contributed by atoms with Gasteiger partial charge >= 0.3 is 0 Å². The van der Waals surface area contributed by atoms with Crippen molar-refractivity contribution in [1.29, 1.82) is 0 Å². The summed E-state index contributed by atoms with van der Waals surface area (Å²) in [5.41, 5.74) is 0. The Balaban J connectivity index is 0. The molecular weight excluding hydrogens is 104 g/mol. The van der Waals surface area contributed by atoms with E-state index in [1.807, 2.05) is 0 Å². The molecule has 0 fully saturated rings. The predicted molar refractivity (Wildman–Crippen MR) is 36.3 cm³/mol. The van der Waals surface area contributed by atoms with Gasteiger partial charge in [0.05, 0.1) is 0 Å². The maximum Gasteiger partial charge on any atom is 0.116 e. The van der Waals surface area contributed by atoms with E-state index < -0.39 is 0 Å². The first-order chi connectivity index (χ1) is 3.15. The lowest BCUT2D eigenvalue weighted by Crippen LogP contribution is -1.74. The van der Waals surface area contributed by atoms with Gasteiger partial charge in [-0.05, 0) is 15.3 Å². The summed E-state index contributed by atoms with van der Waals surface area (Å²) in [6.45, 7) is 5.76. The molecule has 0 saturated carbocycles. The first-order valence-corrected chi connectivity index (χ1v) is 4.87. The smallest absolute Gasteiger partial charge is 0.116 e. The fourth-order valence-corrected chi connectivity index (χ4v) is 0. The van der Waals surface area contributed by atoms with Crippen molar-refractivity contribution in [3.05, 3.63) is 0 Å². The second-order valence-corrected chi connectivity index (χ2v) is 3.86. The summed E-state index contributed by atoms with van der Waals surface area (Å²) in [6.07, 6.45) is 4.49. The molecule has 0 N–H and O–H groups in total. The van der Waals surface area contributed by atoms with Gasteiger partial charge in [-0.1, -0.05) is 13.1 Å². The van der Waals surface area contributed by atoms with Crippen molar-refractivity contribution in [3.63, 3.8) is 0 Å². The molecule has 0 aliphatic rings. The van der Waals surface area contributed by atoms with Crippen molar-refractivity contribution in [2.45, 2.75) is 20.0 Å². The predicted octanol–water partition coefficient (Wildman–Crippen LogP) is 0.960. The largest absolute Gasteiger partial charge is 0.304 e. The Morgan fingerprint density at radius 1 is 1.57 bits per heavy atom. The van der Waals surface area contributed by atoms with Crippen LogP contribution in [0.3, 0.4) is 0 Å². The molecule has 0 heterocycles. The van der Waals surface area contributed by atoms with Crippen molar-refractivity contribution in [1.82, 2.24) is 0 Å². The van der Waals surface area contributed by atoms with Gasteiger partial charge in [0.15, 0.2) is 0 Å². The van der Waals surface area contributed by atoms with Crippen molar-refractivity contribution >= 4 is 20.9 Å². The summed E-state index contributed by atoms with van der Waals surface area (Å²) in [4.78, 5) is 8.81. The minimum absolute atomic E-state index is 0.130. The third kappa shape index (κ3) is 1370. The standard InChI is InChI=1S/C3H8Si.C2H4O/c1-4(2)3;1-2-3/h1H2,2-3H3;2H,1H3. The molecule has 0 amide bonds. The molecule has 0 saturated heterocycles. The Bertz CT molecular complexity index is 55.1. The molecule has 0 atom stereocenters. The molecular formula is C5H12OSi. The fourth-order valence-electron chi connectivity index (χ4n) is 0. The topological polar surface area (TPSA) is 17.1 Å². The molecule has 0 aliphatic carbocycles. The molecule has 0 spiro atoms.